The number of aryl methyl sites for hydroxylation is 2. The largest absolute Gasteiger partial charge is 0.467 e. The number of benzene rings is 2. The van der Waals surface area contributed by atoms with Crippen molar-refractivity contribution in [1.82, 2.24) is 14.9 Å². The van der Waals surface area contributed by atoms with Crippen molar-refractivity contribution in [3.8, 4) is 0 Å². The number of rotatable bonds is 12. The number of imidazole rings is 1. The molecule has 9 nitrogen and oxygen atoms in total. The van der Waals surface area contributed by atoms with E-state index in [1.54, 1.807) is 30.2 Å². The minimum Gasteiger partial charge on any atom is -0.467 e. The molecule has 0 aliphatic carbocycles. The van der Waals surface area contributed by atoms with E-state index in [0.29, 0.717) is 41.0 Å². The van der Waals surface area contributed by atoms with Crippen molar-refractivity contribution in [3.63, 3.8) is 0 Å². The summed E-state index contributed by atoms with van der Waals surface area (Å²) in [6, 6.07) is 12.5. The highest BCUT2D eigenvalue weighted by molar-refractivity contribution is 7.98. The SMILES string of the molecule is COCC(=O)Nc1cc(C(=O)N[C@@H](CCSC)C(=O)OC)c2c(c1)ncn2CCc1ccccc1. The van der Waals surface area contributed by atoms with Crippen molar-refractivity contribution in [2.75, 3.05) is 38.2 Å². The number of carbonyl (C=O) groups is 3. The Labute approximate surface area is 208 Å². The number of anilines is 1. The van der Waals surface area contributed by atoms with Gasteiger partial charge in [-0.15, -0.1) is 0 Å². The van der Waals surface area contributed by atoms with Gasteiger partial charge in [0.05, 0.1) is 30.0 Å². The third-order valence-electron chi connectivity index (χ3n) is 5.40. The van der Waals surface area contributed by atoms with Crippen LogP contribution in [0.4, 0.5) is 5.69 Å². The molecule has 2 amide bonds. The number of aromatic nitrogens is 2. The van der Waals surface area contributed by atoms with Crippen LogP contribution in [0.25, 0.3) is 11.0 Å². The van der Waals surface area contributed by atoms with E-state index in [1.165, 1.54) is 14.2 Å². The normalized spacial score (nSPS) is 11.7. The van der Waals surface area contributed by atoms with E-state index in [0.717, 1.165) is 12.0 Å². The highest BCUT2D eigenvalue weighted by Crippen LogP contribution is 2.25. The lowest BCUT2D eigenvalue weighted by Gasteiger charge is -2.17. The van der Waals surface area contributed by atoms with Gasteiger partial charge in [0, 0.05) is 19.3 Å². The molecule has 0 saturated heterocycles. The lowest BCUT2D eigenvalue weighted by Crippen LogP contribution is -2.42. The molecular formula is C25H30N4O5S. The van der Waals surface area contributed by atoms with Gasteiger partial charge in [-0.25, -0.2) is 9.78 Å². The Morgan fingerprint density at radius 1 is 1.14 bits per heavy atom. The first kappa shape index (κ1) is 26.2. The minimum atomic E-state index is -0.789. The number of ether oxygens (including phenoxy) is 2. The Morgan fingerprint density at radius 3 is 2.60 bits per heavy atom. The molecule has 2 N–H and O–H groups in total. The van der Waals surface area contributed by atoms with Gasteiger partial charge < -0.3 is 24.7 Å². The van der Waals surface area contributed by atoms with E-state index >= 15 is 0 Å². The van der Waals surface area contributed by atoms with Crippen molar-refractivity contribution in [2.45, 2.75) is 25.4 Å². The molecule has 35 heavy (non-hydrogen) atoms. The molecular weight excluding hydrogens is 468 g/mol. The van der Waals surface area contributed by atoms with Gasteiger partial charge in [0.1, 0.15) is 12.6 Å². The Balaban J connectivity index is 1.96. The Morgan fingerprint density at radius 2 is 1.91 bits per heavy atom. The first-order valence-corrected chi connectivity index (χ1v) is 12.6. The van der Waals surface area contributed by atoms with Crippen molar-refractivity contribution < 1.29 is 23.9 Å². The molecule has 0 unspecified atom stereocenters. The summed E-state index contributed by atoms with van der Waals surface area (Å²) in [5.74, 6) is -0.631. The standard InChI is InChI=1S/C25H30N4O5S/c1-33-15-22(30)27-18-13-19(24(31)28-20(10-12-35-3)25(32)34-2)23-21(14-18)26-16-29(23)11-9-17-7-5-4-6-8-17/h4-8,13-14,16,20H,9-12,15H2,1-3H3,(H,27,30)(H,28,31)/t20-/m0/s1. The maximum Gasteiger partial charge on any atom is 0.328 e. The second kappa shape index (κ2) is 12.9. The van der Waals surface area contributed by atoms with E-state index in [-0.39, 0.29) is 12.5 Å². The van der Waals surface area contributed by atoms with Gasteiger partial charge in [-0.3, -0.25) is 9.59 Å². The fraction of sp³-hybridized carbons (Fsp3) is 0.360. The number of hydrogen-bond donors (Lipinski definition) is 2. The van der Waals surface area contributed by atoms with Gasteiger partial charge in [-0.1, -0.05) is 30.3 Å². The summed E-state index contributed by atoms with van der Waals surface area (Å²) >= 11 is 1.57. The van der Waals surface area contributed by atoms with Crippen LogP contribution < -0.4 is 10.6 Å². The van der Waals surface area contributed by atoms with E-state index in [4.69, 9.17) is 9.47 Å². The van der Waals surface area contributed by atoms with Gasteiger partial charge in [-0.05, 0) is 42.5 Å². The number of thioether (sulfide) groups is 1. The number of methoxy groups -OCH3 is 2. The number of amides is 2. The van der Waals surface area contributed by atoms with Crippen LogP contribution in [0.5, 0.6) is 0 Å². The van der Waals surface area contributed by atoms with Gasteiger partial charge in [0.25, 0.3) is 5.91 Å². The van der Waals surface area contributed by atoms with Gasteiger partial charge >= 0.3 is 5.97 Å². The first-order chi connectivity index (χ1) is 17.0. The lowest BCUT2D eigenvalue weighted by atomic mass is 10.1. The topological polar surface area (TPSA) is 112 Å². The zero-order valence-corrected chi connectivity index (χ0v) is 20.9. The molecule has 0 aliphatic heterocycles. The summed E-state index contributed by atoms with van der Waals surface area (Å²) < 4.78 is 11.7. The molecule has 0 spiro atoms. The zero-order valence-electron chi connectivity index (χ0n) is 20.1. The molecule has 1 aromatic heterocycles. The molecule has 10 heteroatoms. The molecule has 0 radical (unpaired) electrons. The van der Waals surface area contributed by atoms with Crippen LogP contribution in [0.15, 0.2) is 48.8 Å². The van der Waals surface area contributed by atoms with Crippen LogP contribution in [0.3, 0.4) is 0 Å². The van der Waals surface area contributed by atoms with Crippen LogP contribution in [-0.4, -0.2) is 66.2 Å². The lowest BCUT2D eigenvalue weighted by molar-refractivity contribution is -0.142. The Hall–Kier alpha value is -3.37. The highest BCUT2D eigenvalue weighted by atomic mass is 32.2. The van der Waals surface area contributed by atoms with Crippen LogP contribution in [-0.2, 0) is 32.0 Å². The van der Waals surface area contributed by atoms with Gasteiger partial charge in [0.2, 0.25) is 5.91 Å². The summed E-state index contributed by atoms with van der Waals surface area (Å²) in [5.41, 5.74) is 3.05. The van der Waals surface area contributed by atoms with E-state index in [2.05, 4.69) is 15.6 Å². The fourth-order valence-electron chi connectivity index (χ4n) is 3.71. The number of hydrogen-bond acceptors (Lipinski definition) is 7. The molecule has 3 rings (SSSR count). The van der Waals surface area contributed by atoms with Gasteiger partial charge in [-0.2, -0.15) is 11.8 Å². The number of carbonyl (C=O) groups excluding carboxylic acids is 3. The number of esters is 1. The van der Waals surface area contributed by atoms with E-state index < -0.39 is 17.9 Å². The fourth-order valence-corrected chi connectivity index (χ4v) is 4.18. The van der Waals surface area contributed by atoms with Crippen molar-refractivity contribution in [1.29, 1.82) is 0 Å². The Bertz CT molecular complexity index is 1170. The predicted molar refractivity (Wildman–Crippen MR) is 137 cm³/mol. The predicted octanol–water partition coefficient (Wildman–Crippen LogP) is 2.89. The summed E-state index contributed by atoms with van der Waals surface area (Å²) in [6.07, 6.45) is 4.78. The third-order valence-corrected chi connectivity index (χ3v) is 6.05. The maximum absolute atomic E-state index is 13.4. The second-order valence-corrected chi connectivity index (χ2v) is 8.86. The van der Waals surface area contributed by atoms with Crippen LogP contribution in [0.1, 0.15) is 22.3 Å². The molecule has 0 aliphatic rings. The van der Waals surface area contributed by atoms with Gasteiger partial charge in [0.15, 0.2) is 0 Å². The number of nitrogens with zero attached hydrogens (tertiary/aromatic N) is 2. The molecule has 3 aromatic rings. The van der Waals surface area contributed by atoms with Crippen molar-refractivity contribution in [2.24, 2.45) is 0 Å². The second-order valence-electron chi connectivity index (χ2n) is 7.88. The average molecular weight is 499 g/mol. The molecule has 1 atom stereocenters. The quantitative estimate of drug-likeness (QED) is 0.369. The molecule has 0 bridgehead atoms. The smallest absolute Gasteiger partial charge is 0.328 e. The Kier molecular flexibility index (Phi) is 9.68. The van der Waals surface area contributed by atoms with E-state index in [1.807, 2.05) is 41.2 Å². The molecule has 1 heterocycles. The highest BCUT2D eigenvalue weighted by Gasteiger charge is 2.24. The number of fused-ring (bicyclic) bond motifs is 1. The number of nitrogens with one attached hydrogen (secondary N) is 2. The molecule has 0 saturated carbocycles. The molecule has 186 valence electrons. The summed E-state index contributed by atoms with van der Waals surface area (Å²) in [6.45, 7) is 0.479. The summed E-state index contributed by atoms with van der Waals surface area (Å²) in [7, 11) is 2.72. The monoisotopic (exact) mass is 498 g/mol. The maximum atomic E-state index is 13.4. The average Bonchev–Trinajstić information content (AvgIpc) is 3.27. The summed E-state index contributed by atoms with van der Waals surface area (Å²) in [5, 5.41) is 5.53. The molecule has 0 fully saturated rings. The summed E-state index contributed by atoms with van der Waals surface area (Å²) in [4.78, 5) is 42.3. The minimum absolute atomic E-state index is 0.121. The van der Waals surface area contributed by atoms with E-state index in [9.17, 15) is 14.4 Å². The van der Waals surface area contributed by atoms with Crippen LogP contribution >= 0.6 is 11.8 Å². The van der Waals surface area contributed by atoms with Crippen molar-refractivity contribution >= 4 is 46.3 Å². The third kappa shape index (κ3) is 7.06. The van der Waals surface area contributed by atoms with Crippen LogP contribution in [0, 0.1) is 0 Å². The first-order valence-electron chi connectivity index (χ1n) is 11.2. The molecule has 2 aromatic carbocycles. The van der Waals surface area contributed by atoms with Crippen molar-refractivity contribution in [3.05, 3.63) is 59.9 Å². The zero-order chi connectivity index (χ0) is 25.2. The van der Waals surface area contributed by atoms with Crippen LogP contribution in [0.2, 0.25) is 0 Å².